The second kappa shape index (κ2) is 5.59. The Morgan fingerprint density at radius 2 is 2.29 bits per heavy atom. The monoisotopic (exact) mass is 253 g/mol. The number of hydroxylamine groups is 1. The smallest absolute Gasteiger partial charge is 0.325 e. The van der Waals surface area contributed by atoms with Crippen molar-refractivity contribution in [1.29, 1.82) is 0 Å². The third-order valence-corrected chi connectivity index (χ3v) is 1.52. The van der Waals surface area contributed by atoms with E-state index in [1.54, 1.807) is 5.48 Å². The highest BCUT2D eigenvalue weighted by atomic mass is 19.4. The lowest BCUT2D eigenvalue weighted by Gasteiger charge is -2.07. The highest BCUT2D eigenvalue weighted by Crippen LogP contribution is 2.13. The number of nitrogens with two attached hydrogens (primary N) is 1. The Labute approximate surface area is 93.7 Å². The molecule has 7 nitrogen and oxygen atoms in total. The second-order valence-electron chi connectivity index (χ2n) is 3.04. The van der Waals surface area contributed by atoms with Crippen molar-refractivity contribution in [2.24, 2.45) is 5.73 Å². The van der Waals surface area contributed by atoms with Gasteiger partial charge in [0.1, 0.15) is 6.54 Å². The van der Waals surface area contributed by atoms with Crippen LogP contribution in [-0.2, 0) is 22.7 Å². The fraction of sp³-hybridized carbons (Fsp3) is 0.571. The van der Waals surface area contributed by atoms with Gasteiger partial charge >= 0.3 is 6.18 Å². The zero-order valence-corrected chi connectivity index (χ0v) is 8.57. The van der Waals surface area contributed by atoms with Crippen LogP contribution in [-0.4, -0.2) is 33.7 Å². The van der Waals surface area contributed by atoms with Crippen molar-refractivity contribution in [2.75, 3.05) is 6.61 Å². The fourth-order valence-corrected chi connectivity index (χ4v) is 0.887. The molecule has 0 aromatic carbocycles. The largest absolute Gasteiger partial charge is 0.414 e. The molecule has 1 aromatic heterocycles. The van der Waals surface area contributed by atoms with Crippen LogP contribution in [0.2, 0.25) is 0 Å². The summed E-state index contributed by atoms with van der Waals surface area (Å²) in [6.07, 6.45) is -3.09. The Morgan fingerprint density at radius 3 is 2.82 bits per heavy atom. The molecule has 0 fully saturated rings. The van der Waals surface area contributed by atoms with Crippen molar-refractivity contribution in [1.82, 2.24) is 20.5 Å². The molecule has 0 aliphatic carbocycles. The van der Waals surface area contributed by atoms with E-state index in [0.717, 1.165) is 4.68 Å². The molecule has 0 aliphatic heterocycles. The van der Waals surface area contributed by atoms with Crippen LogP contribution < -0.4 is 11.2 Å². The van der Waals surface area contributed by atoms with Gasteiger partial charge in [0.15, 0.2) is 6.61 Å². The zero-order valence-electron chi connectivity index (χ0n) is 8.57. The Bertz CT molecular complexity index is 378. The average molecular weight is 253 g/mol. The van der Waals surface area contributed by atoms with Gasteiger partial charge in [0.2, 0.25) is 0 Å². The third kappa shape index (κ3) is 5.26. The van der Waals surface area contributed by atoms with E-state index in [0.29, 0.717) is 5.69 Å². The van der Waals surface area contributed by atoms with Crippen molar-refractivity contribution in [3.8, 4) is 0 Å². The van der Waals surface area contributed by atoms with E-state index in [9.17, 15) is 18.0 Å². The SMILES string of the molecule is NCc1cn(CC(=O)NOCC(F)(F)F)nn1. The molecule has 0 saturated carbocycles. The van der Waals surface area contributed by atoms with E-state index < -0.39 is 18.7 Å². The van der Waals surface area contributed by atoms with Crippen LogP contribution >= 0.6 is 0 Å². The summed E-state index contributed by atoms with van der Waals surface area (Å²) in [7, 11) is 0. The number of nitrogens with zero attached hydrogens (tertiary/aromatic N) is 3. The first-order chi connectivity index (χ1) is 7.90. The van der Waals surface area contributed by atoms with Crippen molar-refractivity contribution < 1.29 is 22.8 Å². The van der Waals surface area contributed by atoms with Crippen LogP contribution in [0.5, 0.6) is 0 Å². The first kappa shape index (κ1) is 13.4. The molecule has 1 amide bonds. The van der Waals surface area contributed by atoms with Gasteiger partial charge in [-0.3, -0.25) is 9.63 Å². The minimum Gasteiger partial charge on any atom is -0.325 e. The Kier molecular flexibility index (Phi) is 4.40. The molecule has 1 aromatic rings. The molecule has 10 heteroatoms. The topological polar surface area (TPSA) is 95.1 Å². The predicted molar refractivity (Wildman–Crippen MR) is 48.1 cm³/mol. The summed E-state index contributed by atoms with van der Waals surface area (Å²) >= 11 is 0. The summed E-state index contributed by atoms with van der Waals surface area (Å²) in [6, 6.07) is 0. The van der Waals surface area contributed by atoms with Crippen LogP contribution in [0.1, 0.15) is 5.69 Å². The lowest BCUT2D eigenvalue weighted by Crippen LogP contribution is -2.32. The highest BCUT2D eigenvalue weighted by Gasteiger charge is 2.28. The normalized spacial score (nSPS) is 11.5. The number of rotatable bonds is 5. The lowest BCUT2D eigenvalue weighted by molar-refractivity contribution is -0.191. The van der Waals surface area contributed by atoms with Gasteiger partial charge < -0.3 is 5.73 Å². The Hall–Kier alpha value is -1.68. The molecule has 0 unspecified atom stereocenters. The van der Waals surface area contributed by atoms with E-state index in [1.807, 2.05) is 0 Å². The van der Waals surface area contributed by atoms with Gasteiger partial charge in [-0.05, 0) is 0 Å². The molecule has 0 spiro atoms. The number of halogens is 3. The van der Waals surface area contributed by atoms with Crippen LogP contribution in [0.3, 0.4) is 0 Å². The quantitative estimate of drug-likeness (QED) is 0.680. The molecule has 0 radical (unpaired) electrons. The maximum atomic E-state index is 11.7. The summed E-state index contributed by atoms with van der Waals surface area (Å²) in [6.45, 7) is -1.69. The van der Waals surface area contributed by atoms with Crippen LogP contribution in [0.4, 0.5) is 13.2 Å². The minimum atomic E-state index is -4.49. The van der Waals surface area contributed by atoms with Crippen LogP contribution in [0.25, 0.3) is 0 Å². The van der Waals surface area contributed by atoms with Gasteiger partial charge in [-0.15, -0.1) is 5.10 Å². The summed E-state index contributed by atoms with van der Waals surface area (Å²) in [5.41, 5.74) is 7.36. The molecule has 0 saturated heterocycles. The molecule has 1 heterocycles. The number of amides is 1. The number of hydrogen-bond acceptors (Lipinski definition) is 5. The molecular formula is C7H10F3N5O2. The number of carbonyl (C=O) groups is 1. The van der Waals surface area contributed by atoms with E-state index in [1.165, 1.54) is 6.20 Å². The molecule has 3 N–H and O–H groups in total. The maximum absolute atomic E-state index is 11.7. The second-order valence-corrected chi connectivity index (χ2v) is 3.04. The summed E-state index contributed by atoms with van der Waals surface area (Å²) in [5, 5.41) is 7.13. The van der Waals surface area contributed by atoms with Crippen molar-refractivity contribution >= 4 is 5.91 Å². The van der Waals surface area contributed by atoms with E-state index in [-0.39, 0.29) is 13.1 Å². The van der Waals surface area contributed by atoms with Crippen LogP contribution in [0, 0.1) is 0 Å². The van der Waals surface area contributed by atoms with Gasteiger partial charge in [-0.2, -0.15) is 13.2 Å². The molecule has 1 rings (SSSR count). The van der Waals surface area contributed by atoms with Gasteiger partial charge in [-0.25, -0.2) is 10.2 Å². The molecule has 0 atom stereocenters. The summed E-state index contributed by atoms with van der Waals surface area (Å²) < 4.78 is 36.1. The Morgan fingerprint density at radius 1 is 1.59 bits per heavy atom. The summed E-state index contributed by atoms with van der Waals surface area (Å²) in [4.78, 5) is 15.0. The van der Waals surface area contributed by atoms with E-state index >= 15 is 0 Å². The molecule has 96 valence electrons. The summed E-state index contributed by atoms with van der Waals surface area (Å²) in [5.74, 6) is -0.775. The molecule has 0 aliphatic rings. The highest BCUT2D eigenvalue weighted by molar-refractivity contribution is 5.74. The standard InChI is InChI=1S/C7H10F3N5O2/c8-7(9,10)4-17-13-6(16)3-15-2-5(1-11)12-14-15/h2H,1,3-4,11H2,(H,13,16). The van der Waals surface area contributed by atoms with Crippen molar-refractivity contribution in [3.63, 3.8) is 0 Å². The zero-order chi connectivity index (χ0) is 12.9. The van der Waals surface area contributed by atoms with Gasteiger partial charge in [-0.1, -0.05) is 5.21 Å². The number of hydrogen-bond donors (Lipinski definition) is 2. The van der Waals surface area contributed by atoms with Gasteiger partial charge in [0, 0.05) is 6.54 Å². The molecule has 17 heavy (non-hydrogen) atoms. The van der Waals surface area contributed by atoms with E-state index in [2.05, 4.69) is 15.1 Å². The number of carbonyl (C=O) groups excluding carboxylic acids is 1. The first-order valence-electron chi connectivity index (χ1n) is 4.47. The Balaban J connectivity index is 2.30. The van der Waals surface area contributed by atoms with Crippen LogP contribution in [0.15, 0.2) is 6.20 Å². The van der Waals surface area contributed by atoms with Crippen molar-refractivity contribution in [3.05, 3.63) is 11.9 Å². The fourth-order valence-electron chi connectivity index (χ4n) is 0.887. The third-order valence-electron chi connectivity index (χ3n) is 1.52. The lowest BCUT2D eigenvalue weighted by atomic mass is 10.5. The minimum absolute atomic E-state index is 0.159. The maximum Gasteiger partial charge on any atom is 0.414 e. The van der Waals surface area contributed by atoms with Gasteiger partial charge in [0.05, 0.1) is 11.9 Å². The number of nitrogens with one attached hydrogen (secondary N) is 1. The average Bonchev–Trinajstić information content (AvgIpc) is 2.63. The first-order valence-corrected chi connectivity index (χ1v) is 4.47. The van der Waals surface area contributed by atoms with Gasteiger partial charge in [0.25, 0.3) is 5.91 Å². The molecule has 0 bridgehead atoms. The molecular weight excluding hydrogens is 243 g/mol. The van der Waals surface area contributed by atoms with Crippen molar-refractivity contribution in [2.45, 2.75) is 19.3 Å². The number of alkyl halides is 3. The predicted octanol–water partition coefficient (Wildman–Crippen LogP) is -0.653. The van der Waals surface area contributed by atoms with E-state index in [4.69, 9.17) is 5.73 Å². The number of aromatic nitrogens is 3.